The van der Waals surface area contributed by atoms with Crippen LogP contribution >= 0.6 is 47.8 Å². The highest BCUT2D eigenvalue weighted by atomic mass is 79.9. The molecule has 0 N–H and O–H groups in total. The average Bonchev–Trinajstić information content (AvgIpc) is 2.03. The van der Waals surface area contributed by atoms with Crippen molar-refractivity contribution in [2.45, 2.75) is 25.2 Å². The van der Waals surface area contributed by atoms with Gasteiger partial charge in [0.25, 0.3) is 0 Å². The van der Waals surface area contributed by atoms with E-state index in [0.717, 1.165) is 13.4 Å². The van der Waals surface area contributed by atoms with Crippen molar-refractivity contribution < 1.29 is 0 Å². The van der Waals surface area contributed by atoms with E-state index in [1.807, 2.05) is 6.20 Å². The summed E-state index contributed by atoms with van der Waals surface area (Å²) in [6, 6.07) is 0. The second-order valence-corrected chi connectivity index (χ2v) is 5.69. The van der Waals surface area contributed by atoms with Gasteiger partial charge in [-0.15, -0.1) is 0 Å². The van der Waals surface area contributed by atoms with Crippen LogP contribution in [0.25, 0.3) is 0 Å². The Morgan fingerprint density at radius 2 is 1.85 bits per heavy atom. The smallest absolute Gasteiger partial charge is 0.0588 e. The average molecular weight is 370 g/mol. The van der Waals surface area contributed by atoms with Crippen LogP contribution in [0.1, 0.15) is 30.9 Å². The van der Waals surface area contributed by atoms with Crippen molar-refractivity contribution >= 4 is 47.8 Å². The van der Waals surface area contributed by atoms with E-state index in [0.29, 0.717) is 5.92 Å². The first kappa shape index (κ1) is 10.1. The van der Waals surface area contributed by atoms with Crippen molar-refractivity contribution in [2.75, 3.05) is 0 Å². The van der Waals surface area contributed by atoms with Gasteiger partial charge in [0.2, 0.25) is 0 Å². The fraction of sp³-hybridized carbons (Fsp3) is 0.444. The molecule has 0 aromatic carbocycles. The molecule has 4 heteroatoms. The molecule has 1 fully saturated rings. The van der Waals surface area contributed by atoms with Gasteiger partial charge in [-0.1, -0.05) is 6.42 Å². The Labute approximate surface area is 103 Å². The van der Waals surface area contributed by atoms with Crippen LogP contribution in [0.4, 0.5) is 0 Å². The minimum atomic E-state index is 0.666. The molecule has 0 saturated heterocycles. The maximum atomic E-state index is 4.44. The number of halogens is 3. The predicted molar refractivity (Wildman–Crippen MR) is 63.9 cm³/mol. The van der Waals surface area contributed by atoms with E-state index in [9.17, 15) is 0 Å². The molecule has 0 unspecified atom stereocenters. The van der Waals surface area contributed by atoms with Crippen LogP contribution in [0.5, 0.6) is 0 Å². The molecule has 1 aliphatic rings. The van der Waals surface area contributed by atoms with Gasteiger partial charge >= 0.3 is 0 Å². The minimum absolute atomic E-state index is 0.666. The van der Waals surface area contributed by atoms with Crippen LogP contribution < -0.4 is 0 Å². The second-order valence-electron chi connectivity index (χ2n) is 3.25. The van der Waals surface area contributed by atoms with Gasteiger partial charge in [-0.2, -0.15) is 0 Å². The van der Waals surface area contributed by atoms with Gasteiger partial charge < -0.3 is 0 Å². The number of pyridine rings is 1. The number of hydrogen-bond donors (Lipinski definition) is 0. The highest BCUT2D eigenvalue weighted by molar-refractivity contribution is 9.14. The minimum Gasteiger partial charge on any atom is -0.259 e. The molecule has 0 spiro atoms. The van der Waals surface area contributed by atoms with E-state index in [1.54, 1.807) is 0 Å². The lowest BCUT2D eigenvalue weighted by atomic mass is 9.83. The predicted octanol–water partition coefficient (Wildman–Crippen LogP) is 4.64. The molecule has 1 aromatic heterocycles. The van der Waals surface area contributed by atoms with Crippen LogP contribution in [0.2, 0.25) is 0 Å². The zero-order valence-corrected chi connectivity index (χ0v) is 11.6. The molecule has 1 heterocycles. The van der Waals surface area contributed by atoms with Crippen LogP contribution in [-0.2, 0) is 0 Å². The summed E-state index contributed by atoms with van der Waals surface area (Å²) in [6.07, 6.45) is 5.76. The largest absolute Gasteiger partial charge is 0.259 e. The Morgan fingerprint density at radius 1 is 1.15 bits per heavy atom. The molecule has 1 nitrogen and oxygen atoms in total. The molecular formula is C9H8Br3N. The van der Waals surface area contributed by atoms with Gasteiger partial charge in [-0.25, -0.2) is 0 Å². The maximum Gasteiger partial charge on any atom is 0.0588 e. The lowest BCUT2D eigenvalue weighted by Crippen LogP contribution is -2.11. The van der Waals surface area contributed by atoms with Crippen LogP contribution in [-0.4, -0.2) is 4.98 Å². The zero-order valence-electron chi connectivity index (χ0n) is 6.86. The summed E-state index contributed by atoms with van der Waals surface area (Å²) in [6.45, 7) is 0. The Kier molecular flexibility index (Phi) is 3.11. The molecule has 1 aromatic rings. The molecule has 70 valence electrons. The first-order valence-electron chi connectivity index (χ1n) is 4.19. The van der Waals surface area contributed by atoms with E-state index in [2.05, 4.69) is 52.8 Å². The number of rotatable bonds is 1. The van der Waals surface area contributed by atoms with Crippen LogP contribution in [0, 0.1) is 0 Å². The Hall–Kier alpha value is 0.590. The number of nitrogens with zero attached hydrogens (tertiary/aromatic N) is 1. The molecular weight excluding hydrogens is 362 g/mol. The van der Waals surface area contributed by atoms with Crippen molar-refractivity contribution in [3.05, 3.63) is 25.3 Å². The molecule has 1 saturated carbocycles. The molecule has 13 heavy (non-hydrogen) atoms. The first-order valence-corrected chi connectivity index (χ1v) is 6.57. The van der Waals surface area contributed by atoms with E-state index in [-0.39, 0.29) is 0 Å². The summed E-state index contributed by atoms with van der Waals surface area (Å²) in [5, 5.41) is 0. The monoisotopic (exact) mass is 367 g/mol. The fourth-order valence-electron chi connectivity index (χ4n) is 1.42. The summed E-state index contributed by atoms with van der Waals surface area (Å²) in [5.74, 6) is 0.666. The van der Waals surface area contributed by atoms with Gasteiger partial charge in [-0.05, 0) is 60.6 Å². The fourth-order valence-corrected chi connectivity index (χ4v) is 2.94. The van der Waals surface area contributed by atoms with Gasteiger partial charge in [0.1, 0.15) is 0 Å². The quantitative estimate of drug-likeness (QED) is 0.703. The van der Waals surface area contributed by atoms with Crippen molar-refractivity contribution in [3.63, 3.8) is 0 Å². The second kappa shape index (κ2) is 3.99. The third-order valence-electron chi connectivity index (χ3n) is 2.44. The van der Waals surface area contributed by atoms with Gasteiger partial charge in [0.05, 0.1) is 14.6 Å². The van der Waals surface area contributed by atoms with E-state index < -0.39 is 0 Å². The van der Waals surface area contributed by atoms with Crippen LogP contribution in [0.3, 0.4) is 0 Å². The van der Waals surface area contributed by atoms with Crippen molar-refractivity contribution in [2.24, 2.45) is 0 Å². The van der Waals surface area contributed by atoms with E-state index >= 15 is 0 Å². The summed E-state index contributed by atoms with van der Waals surface area (Å²) < 4.78 is 3.18. The molecule has 0 bridgehead atoms. The summed E-state index contributed by atoms with van der Waals surface area (Å²) >= 11 is 10.5. The van der Waals surface area contributed by atoms with Gasteiger partial charge in [-0.3, -0.25) is 4.98 Å². The number of hydrogen-bond acceptors (Lipinski definition) is 1. The lowest BCUT2D eigenvalue weighted by molar-refractivity contribution is 0.409. The van der Waals surface area contributed by atoms with Gasteiger partial charge in [0.15, 0.2) is 0 Å². The van der Waals surface area contributed by atoms with Crippen LogP contribution in [0.15, 0.2) is 19.6 Å². The SMILES string of the molecule is Brc1cnc(C2CCC2)c(Br)c1Br. The lowest BCUT2D eigenvalue weighted by Gasteiger charge is -2.26. The summed E-state index contributed by atoms with van der Waals surface area (Å²) in [7, 11) is 0. The van der Waals surface area contributed by atoms with E-state index in [4.69, 9.17) is 0 Å². The third kappa shape index (κ3) is 1.85. The van der Waals surface area contributed by atoms with Crippen molar-refractivity contribution in [1.82, 2.24) is 4.98 Å². The standard InChI is InChI=1S/C9H8Br3N/c10-6-4-13-9(5-2-1-3-5)8(12)7(6)11/h4-5H,1-3H2. The molecule has 0 aliphatic heterocycles. The topological polar surface area (TPSA) is 12.9 Å². The Bertz CT molecular complexity index is 334. The van der Waals surface area contributed by atoms with E-state index in [1.165, 1.54) is 25.0 Å². The molecule has 0 radical (unpaired) electrons. The zero-order chi connectivity index (χ0) is 9.42. The molecule has 1 aliphatic carbocycles. The highest BCUT2D eigenvalue weighted by Crippen LogP contribution is 2.42. The maximum absolute atomic E-state index is 4.44. The van der Waals surface area contributed by atoms with Crippen molar-refractivity contribution in [1.29, 1.82) is 0 Å². The van der Waals surface area contributed by atoms with Crippen molar-refractivity contribution in [3.8, 4) is 0 Å². The Balaban J connectivity index is 2.41. The normalized spacial score (nSPS) is 17.2. The summed E-state index contributed by atoms with van der Waals surface area (Å²) in [5.41, 5.74) is 1.20. The highest BCUT2D eigenvalue weighted by Gasteiger charge is 2.24. The molecule has 0 atom stereocenters. The molecule has 0 amide bonds. The number of aromatic nitrogens is 1. The third-order valence-corrected chi connectivity index (χ3v) is 5.73. The first-order chi connectivity index (χ1) is 6.20. The molecule has 2 rings (SSSR count). The summed E-state index contributed by atoms with van der Waals surface area (Å²) in [4.78, 5) is 4.44. The Morgan fingerprint density at radius 3 is 2.38 bits per heavy atom. The van der Waals surface area contributed by atoms with Gasteiger partial charge in [0, 0.05) is 16.6 Å².